The van der Waals surface area contributed by atoms with E-state index in [-0.39, 0.29) is 0 Å². The molecule has 0 saturated carbocycles. The molecule has 2 N–H and O–H groups in total. The highest BCUT2D eigenvalue weighted by Crippen LogP contribution is 2.38. The van der Waals surface area contributed by atoms with Crippen LogP contribution in [0.1, 0.15) is 27.8 Å². The first-order chi connectivity index (χ1) is 8.84. The lowest BCUT2D eigenvalue weighted by molar-refractivity contribution is 1.18. The van der Waals surface area contributed by atoms with Crippen molar-refractivity contribution in [3.8, 4) is 11.1 Å². The van der Waals surface area contributed by atoms with Gasteiger partial charge in [0.05, 0.1) is 5.02 Å². The van der Waals surface area contributed by atoms with E-state index in [9.17, 15) is 0 Å². The second-order valence-corrected chi connectivity index (χ2v) is 5.65. The summed E-state index contributed by atoms with van der Waals surface area (Å²) in [6, 6.07) is 5.74. The molecule has 100 valence electrons. The van der Waals surface area contributed by atoms with Crippen molar-refractivity contribution < 1.29 is 0 Å². The van der Waals surface area contributed by atoms with E-state index in [0.717, 1.165) is 5.56 Å². The van der Waals surface area contributed by atoms with Gasteiger partial charge in [-0.1, -0.05) is 17.7 Å². The number of hydrogen-bond acceptors (Lipinski definition) is 1. The average molecular weight is 274 g/mol. The second kappa shape index (κ2) is 4.90. The third-order valence-electron chi connectivity index (χ3n) is 4.26. The van der Waals surface area contributed by atoms with Gasteiger partial charge in [-0.2, -0.15) is 0 Å². The molecule has 0 aliphatic rings. The first-order valence-electron chi connectivity index (χ1n) is 6.47. The van der Waals surface area contributed by atoms with E-state index in [0.29, 0.717) is 10.7 Å². The van der Waals surface area contributed by atoms with Crippen LogP contribution < -0.4 is 5.73 Å². The van der Waals surface area contributed by atoms with Crippen LogP contribution in [0.5, 0.6) is 0 Å². The lowest BCUT2D eigenvalue weighted by Crippen LogP contribution is -2.00. The van der Waals surface area contributed by atoms with Gasteiger partial charge in [0, 0.05) is 11.3 Å². The quantitative estimate of drug-likeness (QED) is 0.716. The second-order valence-electron chi connectivity index (χ2n) is 5.24. The maximum Gasteiger partial charge on any atom is 0.0505 e. The standard InChI is InChI=1S/C17H20ClN/c1-9-10(2)12(4)17(13(5)11(9)3)15-7-6-14(19)8-16(15)18/h6-8H,19H2,1-5H3. The first kappa shape index (κ1) is 14.0. The summed E-state index contributed by atoms with van der Waals surface area (Å²) in [5, 5.41) is 0.717. The summed E-state index contributed by atoms with van der Waals surface area (Å²) in [6.07, 6.45) is 0. The van der Waals surface area contributed by atoms with Gasteiger partial charge in [0.1, 0.15) is 0 Å². The van der Waals surface area contributed by atoms with Crippen molar-refractivity contribution in [2.24, 2.45) is 0 Å². The third kappa shape index (κ3) is 2.23. The maximum atomic E-state index is 6.37. The van der Waals surface area contributed by atoms with Crippen molar-refractivity contribution in [2.75, 3.05) is 5.73 Å². The number of nitrogen functional groups attached to an aromatic ring is 1. The van der Waals surface area contributed by atoms with Crippen LogP contribution >= 0.6 is 11.6 Å². The Labute approximate surface area is 120 Å². The van der Waals surface area contributed by atoms with E-state index in [1.54, 1.807) is 0 Å². The van der Waals surface area contributed by atoms with Crippen LogP contribution in [0.15, 0.2) is 18.2 Å². The molecule has 0 aliphatic carbocycles. The molecule has 0 radical (unpaired) electrons. The molecule has 0 bridgehead atoms. The van der Waals surface area contributed by atoms with Gasteiger partial charge < -0.3 is 5.73 Å². The normalized spacial score (nSPS) is 10.8. The molecule has 2 aromatic rings. The zero-order valence-corrected chi connectivity index (χ0v) is 12.9. The maximum absolute atomic E-state index is 6.37. The van der Waals surface area contributed by atoms with Gasteiger partial charge in [-0.25, -0.2) is 0 Å². The molecule has 0 atom stereocenters. The van der Waals surface area contributed by atoms with Crippen LogP contribution in [0, 0.1) is 34.6 Å². The summed E-state index contributed by atoms with van der Waals surface area (Å²) in [5.74, 6) is 0. The summed E-state index contributed by atoms with van der Waals surface area (Å²) in [7, 11) is 0. The number of nitrogens with two attached hydrogens (primary N) is 1. The lowest BCUT2D eigenvalue weighted by atomic mass is 9.86. The predicted octanol–water partition coefficient (Wildman–Crippen LogP) is 5.13. The zero-order valence-electron chi connectivity index (χ0n) is 12.2. The number of benzene rings is 2. The molecule has 2 rings (SSSR count). The van der Waals surface area contributed by atoms with Gasteiger partial charge in [0.15, 0.2) is 0 Å². The Morgan fingerprint density at radius 2 is 1.26 bits per heavy atom. The minimum atomic E-state index is 0.699. The summed E-state index contributed by atoms with van der Waals surface area (Å²) in [5.41, 5.74) is 15.4. The molecule has 0 unspecified atom stereocenters. The summed E-state index contributed by atoms with van der Waals surface area (Å²) < 4.78 is 0. The highest BCUT2D eigenvalue weighted by molar-refractivity contribution is 6.33. The van der Waals surface area contributed by atoms with Crippen LogP contribution in [0.3, 0.4) is 0 Å². The van der Waals surface area contributed by atoms with E-state index in [1.807, 2.05) is 18.2 Å². The molecule has 1 nitrogen and oxygen atoms in total. The van der Waals surface area contributed by atoms with Gasteiger partial charge >= 0.3 is 0 Å². The van der Waals surface area contributed by atoms with Gasteiger partial charge in [-0.15, -0.1) is 0 Å². The van der Waals surface area contributed by atoms with Crippen LogP contribution in [0.2, 0.25) is 5.02 Å². The van der Waals surface area contributed by atoms with Crippen molar-refractivity contribution in [3.63, 3.8) is 0 Å². The number of rotatable bonds is 1. The Kier molecular flexibility index (Phi) is 3.60. The molecule has 0 saturated heterocycles. The highest BCUT2D eigenvalue weighted by Gasteiger charge is 2.15. The van der Waals surface area contributed by atoms with E-state index in [1.165, 1.54) is 33.4 Å². The molecular weight excluding hydrogens is 254 g/mol. The van der Waals surface area contributed by atoms with Crippen molar-refractivity contribution in [3.05, 3.63) is 51.0 Å². The molecule has 0 aliphatic heterocycles. The van der Waals surface area contributed by atoms with Gasteiger partial charge in [0.25, 0.3) is 0 Å². The molecule has 0 spiro atoms. The van der Waals surface area contributed by atoms with E-state index in [2.05, 4.69) is 34.6 Å². The highest BCUT2D eigenvalue weighted by atomic mass is 35.5. The average Bonchev–Trinajstić information content (AvgIpc) is 2.37. The Hall–Kier alpha value is -1.47. The van der Waals surface area contributed by atoms with Crippen LogP contribution in [-0.4, -0.2) is 0 Å². The van der Waals surface area contributed by atoms with E-state index in [4.69, 9.17) is 17.3 Å². The van der Waals surface area contributed by atoms with Gasteiger partial charge in [-0.05, 0) is 80.1 Å². The lowest BCUT2D eigenvalue weighted by Gasteiger charge is -2.19. The zero-order chi connectivity index (χ0) is 14.3. The van der Waals surface area contributed by atoms with Crippen LogP contribution in [0.4, 0.5) is 5.69 Å². The Morgan fingerprint density at radius 1 is 0.789 bits per heavy atom. The van der Waals surface area contributed by atoms with E-state index >= 15 is 0 Å². The number of hydrogen-bond donors (Lipinski definition) is 1. The fourth-order valence-corrected chi connectivity index (χ4v) is 2.92. The molecule has 19 heavy (non-hydrogen) atoms. The topological polar surface area (TPSA) is 26.0 Å². The minimum Gasteiger partial charge on any atom is -0.399 e. The molecule has 2 aromatic carbocycles. The predicted molar refractivity (Wildman–Crippen MR) is 85.0 cm³/mol. The molecule has 0 fully saturated rings. The summed E-state index contributed by atoms with van der Waals surface area (Å²) in [6.45, 7) is 10.9. The summed E-state index contributed by atoms with van der Waals surface area (Å²) in [4.78, 5) is 0. The molecular formula is C17H20ClN. The fraction of sp³-hybridized carbons (Fsp3) is 0.294. The van der Waals surface area contributed by atoms with Gasteiger partial charge in [-0.3, -0.25) is 0 Å². The Bertz CT molecular complexity index is 628. The monoisotopic (exact) mass is 273 g/mol. The Balaban J connectivity index is 2.83. The molecule has 0 heterocycles. The van der Waals surface area contributed by atoms with Gasteiger partial charge in [0.2, 0.25) is 0 Å². The van der Waals surface area contributed by atoms with E-state index < -0.39 is 0 Å². The van der Waals surface area contributed by atoms with Crippen LogP contribution in [0.25, 0.3) is 11.1 Å². The molecule has 0 aromatic heterocycles. The van der Waals surface area contributed by atoms with Crippen molar-refractivity contribution in [2.45, 2.75) is 34.6 Å². The minimum absolute atomic E-state index is 0.699. The SMILES string of the molecule is Cc1c(C)c(C)c(-c2ccc(N)cc2Cl)c(C)c1C. The Morgan fingerprint density at radius 3 is 1.74 bits per heavy atom. The largest absolute Gasteiger partial charge is 0.399 e. The summed E-state index contributed by atoms with van der Waals surface area (Å²) >= 11 is 6.37. The van der Waals surface area contributed by atoms with Crippen molar-refractivity contribution >= 4 is 17.3 Å². The van der Waals surface area contributed by atoms with Crippen molar-refractivity contribution in [1.82, 2.24) is 0 Å². The smallest absolute Gasteiger partial charge is 0.0505 e. The number of anilines is 1. The van der Waals surface area contributed by atoms with Crippen LogP contribution in [-0.2, 0) is 0 Å². The van der Waals surface area contributed by atoms with Crippen molar-refractivity contribution in [1.29, 1.82) is 0 Å². The molecule has 0 amide bonds. The molecule has 2 heteroatoms. The fourth-order valence-electron chi connectivity index (χ4n) is 2.64. The third-order valence-corrected chi connectivity index (χ3v) is 4.58. The number of halogens is 1. The first-order valence-corrected chi connectivity index (χ1v) is 6.84.